The highest BCUT2D eigenvalue weighted by atomic mass is 35.5. The quantitative estimate of drug-likeness (QED) is 0.610. The Morgan fingerprint density at radius 1 is 1.19 bits per heavy atom. The lowest BCUT2D eigenvalue weighted by Crippen LogP contribution is -2.19. The van der Waals surface area contributed by atoms with Gasteiger partial charge in [0.1, 0.15) is 5.75 Å². The monoisotopic (exact) mass is 404 g/mol. The molecule has 0 saturated carbocycles. The van der Waals surface area contributed by atoms with Crippen molar-refractivity contribution in [1.82, 2.24) is 4.98 Å². The first-order valence-corrected chi connectivity index (χ1v) is 9.40. The molecule has 0 aliphatic carbocycles. The van der Waals surface area contributed by atoms with Gasteiger partial charge in [0.15, 0.2) is 11.7 Å². The molecule has 0 bridgehead atoms. The number of nitrogens with zero attached hydrogens (tertiary/aromatic N) is 1. The molecule has 0 radical (unpaired) electrons. The van der Waals surface area contributed by atoms with Gasteiger partial charge in [0.25, 0.3) is 5.91 Å². The van der Waals surface area contributed by atoms with E-state index in [1.54, 1.807) is 56.3 Å². The standard InChI is InChI=1S/C19H17ClN2O4S/c1-11(2)26-18(24)12-3-8-15-16(9-12)27-19(21-15)22-17(23)10-25-14-6-4-13(20)5-7-14/h3-9,11H,10H2,1-2H3,(H,21,22,23). The fraction of sp³-hybridized carbons (Fsp3) is 0.211. The third kappa shape index (κ3) is 5.18. The second kappa shape index (κ2) is 8.37. The number of carbonyl (C=O) groups is 2. The molecule has 3 aromatic rings. The van der Waals surface area contributed by atoms with Crippen LogP contribution in [0.25, 0.3) is 10.2 Å². The first-order chi connectivity index (χ1) is 12.9. The van der Waals surface area contributed by atoms with Crippen molar-refractivity contribution in [3.05, 3.63) is 53.1 Å². The Bertz CT molecular complexity index is 970. The number of hydrogen-bond acceptors (Lipinski definition) is 6. The normalized spacial score (nSPS) is 10.8. The van der Waals surface area contributed by atoms with Crippen molar-refractivity contribution in [3.8, 4) is 5.75 Å². The minimum Gasteiger partial charge on any atom is -0.484 e. The van der Waals surface area contributed by atoms with Crippen molar-refractivity contribution in [2.24, 2.45) is 0 Å². The first-order valence-electron chi connectivity index (χ1n) is 8.20. The van der Waals surface area contributed by atoms with E-state index in [0.717, 1.165) is 4.70 Å². The molecule has 0 aliphatic rings. The summed E-state index contributed by atoms with van der Waals surface area (Å²) in [7, 11) is 0. The molecule has 1 amide bonds. The third-order valence-corrected chi connectivity index (χ3v) is 4.58. The highest BCUT2D eigenvalue weighted by Crippen LogP contribution is 2.27. The Morgan fingerprint density at radius 2 is 1.93 bits per heavy atom. The van der Waals surface area contributed by atoms with Gasteiger partial charge in [-0.05, 0) is 56.3 Å². The van der Waals surface area contributed by atoms with Gasteiger partial charge in [-0.3, -0.25) is 10.1 Å². The number of ether oxygens (including phenoxy) is 2. The summed E-state index contributed by atoms with van der Waals surface area (Å²) in [5.74, 6) is -0.169. The molecule has 0 atom stereocenters. The van der Waals surface area contributed by atoms with Crippen molar-refractivity contribution in [2.45, 2.75) is 20.0 Å². The third-order valence-electron chi connectivity index (χ3n) is 3.40. The zero-order valence-electron chi connectivity index (χ0n) is 14.7. The molecular formula is C19H17ClN2O4S. The van der Waals surface area contributed by atoms with Crippen LogP contribution in [-0.2, 0) is 9.53 Å². The number of fused-ring (bicyclic) bond motifs is 1. The van der Waals surface area contributed by atoms with Gasteiger partial charge in [-0.1, -0.05) is 22.9 Å². The second-order valence-electron chi connectivity index (χ2n) is 5.95. The number of aromatic nitrogens is 1. The summed E-state index contributed by atoms with van der Waals surface area (Å²) in [6.07, 6.45) is -0.190. The number of amides is 1. The molecule has 1 N–H and O–H groups in total. The zero-order valence-corrected chi connectivity index (χ0v) is 16.3. The van der Waals surface area contributed by atoms with Crippen molar-refractivity contribution >= 4 is 50.2 Å². The number of carbonyl (C=O) groups excluding carboxylic acids is 2. The molecule has 0 saturated heterocycles. The Labute approximate surface area is 165 Å². The summed E-state index contributed by atoms with van der Waals surface area (Å²) in [5, 5.41) is 3.72. The SMILES string of the molecule is CC(C)OC(=O)c1ccc2nc(NC(=O)COc3ccc(Cl)cc3)sc2c1. The number of benzene rings is 2. The summed E-state index contributed by atoms with van der Waals surface area (Å²) < 4.78 is 11.4. The molecule has 1 aromatic heterocycles. The number of hydrogen-bond donors (Lipinski definition) is 1. The Kier molecular flexibility index (Phi) is 5.93. The summed E-state index contributed by atoms with van der Waals surface area (Å²) in [5.41, 5.74) is 1.14. The maximum absolute atomic E-state index is 12.1. The van der Waals surface area contributed by atoms with Gasteiger partial charge in [0.05, 0.1) is 21.9 Å². The lowest BCUT2D eigenvalue weighted by molar-refractivity contribution is -0.118. The van der Waals surface area contributed by atoms with Crippen LogP contribution >= 0.6 is 22.9 Å². The van der Waals surface area contributed by atoms with E-state index in [-0.39, 0.29) is 24.6 Å². The number of nitrogens with one attached hydrogen (secondary N) is 1. The molecule has 0 fully saturated rings. The number of rotatable bonds is 6. The van der Waals surface area contributed by atoms with Crippen molar-refractivity contribution in [1.29, 1.82) is 0 Å². The smallest absolute Gasteiger partial charge is 0.338 e. The topological polar surface area (TPSA) is 77.5 Å². The van der Waals surface area contributed by atoms with Gasteiger partial charge in [0.2, 0.25) is 0 Å². The van der Waals surface area contributed by atoms with Gasteiger partial charge in [-0.2, -0.15) is 0 Å². The predicted molar refractivity (Wildman–Crippen MR) is 106 cm³/mol. The van der Waals surface area contributed by atoms with E-state index in [4.69, 9.17) is 21.1 Å². The van der Waals surface area contributed by atoms with Crippen LogP contribution < -0.4 is 10.1 Å². The summed E-state index contributed by atoms with van der Waals surface area (Å²) in [4.78, 5) is 28.4. The Balaban J connectivity index is 1.63. The lowest BCUT2D eigenvalue weighted by Gasteiger charge is -2.07. The van der Waals surface area contributed by atoms with E-state index in [0.29, 0.717) is 27.0 Å². The number of esters is 1. The fourth-order valence-electron chi connectivity index (χ4n) is 2.22. The van der Waals surface area contributed by atoms with Crippen LogP contribution in [0.15, 0.2) is 42.5 Å². The van der Waals surface area contributed by atoms with Crippen LogP contribution in [0.3, 0.4) is 0 Å². The van der Waals surface area contributed by atoms with Crippen molar-refractivity contribution in [3.63, 3.8) is 0 Å². The number of anilines is 1. The summed E-state index contributed by atoms with van der Waals surface area (Å²) in [6, 6.07) is 11.8. The lowest BCUT2D eigenvalue weighted by atomic mass is 10.2. The fourth-order valence-corrected chi connectivity index (χ4v) is 3.27. The van der Waals surface area contributed by atoms with Gasteiger partial charge in [0, 0.05) is 5.02 Å². The minimum absolute atomic E-state index is 0.149. The molecule has 0 aliphatic heterocycles. The van der Waals surface area contributed by atoms with E-state index in [1.165, 1.54) is 11.3 Å². The first kappa shape index (κ1) is 19.1. The van der Waals surface area contributed by atoms with Crippen LogP contribution in [0.1, 0.15) is 24.2 Å². The van der Waals surface area contributed by atoms with E-state index in [2.05, 4.69) is 10.3 Å². The molecule has 3 rings (SSSR count). The van der Waals surface area contributed by atoms with Crippen molar-refractivity contribution < 1.29 is 19.1 Å². The molecule has 140 valence electrons. The van der Waals surface area contributed by atoms with E-state index in [9.17, 15) is 9.59 Å². The van der Waals surface area contributed by atoms with Crippen molar-refractivity contribution in [2.75, 3.05) is 11.9 Å². The number of thiazole rings is 1. The maximum atomic E-state index is 12.1. The Hall–Kier alpha value is -2.64. The average Bonchev–Trinajstić information content (AvgIpc) is 3.01. The highest BCUT2D eigenvalue weighted by molar-refractivity contribution is 7.22. The average molecular weight is 405 g/mol. The molecule has 0 spiro atoms. The summed E-state index contributed by atoms with van der Waals surface area (Å²) in [6.45, 7) is 3.44. The minimum atomic E-state index is -0.387. The second-order valence-corrected chi connectivity index (χ2v) is 7.41. The number of halogens is 1. The molecule has 2 aromatic carbocycles. The molecule has 1 heterocycles. The van der Waals surface area contributed by atoms with E-state index in [1.807, 2.05) is 0 Å². The van der Waals surface area contributed by atoms with E-state index >= 15 is 0 Å². The largest absolute Gasteiger partial charge is 0.484 e. The van der Waals surface area contributed by atoms with Gasteiger partial charge in [-0.25, -0.2) is 9.78 Å². The Morgan fingerprint density at radius 3 is 2.63 bits per heavy atom. The predicted octanol–water partition coefficient (Wildman–Crippen LogP) is 4.53. The summed E-state index contributed by atoms with van der Waals surface area (Å²) >= 11 is 7.08. The van der Waals surface area contributed by atoms with Gasteiger partial charge < -0.3 is 9.47 Å². The van der Waals surface area contributed by atoms with Crippen LogP contribution in [0, 0.1) is 0 Å². The van der Waals surface area contributed by atoms with Gasteiger partial charge in [-0.15, -0.1) is 0 Å². The van der Waals surface area contributed by atoms with Crippen LogP contribution in [-0.4, -0.2) is 29.6 Å². The zero-order chi connectivity index (χ0) is 19.4. The van der Waals surface area contributed by atoms with Crippen LogP contribution in [0.5, 0.6) is 5.75 Å². The van der Waals surface area contributed by atoms with Crippen LogP contribution in [0.4, 0.5) is 5.13 Å². The van der Waals surface area contributed by atoms with Gasteiger partial charge >= 0.3 is 5.97 Å². The van der Waals surface area contributed by atoms with E-state index < -0.39 is 0 Å². The highest BCUT2D eigenvalue weighted by Gasteiger charge is 2.13. The molecular weight excluding hydrogens is 388 g/mol. The molecule has 0 unspecified atom stereocenters. The molecule has 6 nitrogen and oxygen atoms in total. The molecule has 27 heavy (non-hydrogen) atoms. The molecule has 8 heteroatoms. The maximum Gasteiger partial charge on any atom is 0.338 e. The van der Waals surface area contributed by atoms with Crippen LogP contribution in [0.2, 0.25) is 5.02 Å².